The molecule has 0 aliphatic carbocycles. The smallest absolute Gasteiger partial charge is 0.310 e. The highest BCUT2D eigenvalue weighted by atomic mass is 35.5. The zero-order valence-corrected chi connectivity index (χ0v) is 13.3. The number of hydrogen-bond acceptors (Lipinski definition) is 4. The van der Waals surface area contributed by atoms with Gasteiger partial charge in [-0.1, -0.05) is 41.1 Å². The number of rotatable bonds is 4. The summed E-state index contributed by atoms with van der Waals surface area (Å²) in [6, 6.07) is 13.1. The molecule has 0 saturated heterocycles. The van der Waals surface area contributed by atoms with Crippen LogP contribution >= 0.6 is 22.9 Å². The Balaban J connectivity index is 1.87. The maximum atomic E-state index is 11.0. The Kier molecular flexibility index (Phi) is 4.00. The highest BCUT2D eigenvalue weighted by molar-refractivity contribution is 7.22. The fourth-order valence-corrected chi connectivity index (χ4v) is 3.20. The largest absolute Gasteiger partial charge is 0.481 e. The monoisotopic (exact) mass is 332 g/mol. The molecule has 6 heteroatoms. The van der Waals surface area contributed by atoms with E-state index in [1.807, 2.05) is 24.3 Å². The molecule has 0 saturated carbocycles. The van der Waals surface area contributed by atoms with Crippen LogP contribution in [-0.4, -0.2) is 16.1 Å². The van der Waals surface area contributed by atoms with E-state index in [4.69, 9.17) is 16.7 Å². The van der Waals surface area contributed by atoms with Gasteiger partial charge in [-0.2, -0.15) is 0 Å². The first-order valence-electron chi connectivity index (χ1n) is 6.69. The van der Waals surface area contributed by atoms with Gasteiger partial charge in [0, 0.05) is 0 Å². The summed E-state index contributed by atoms with van der Waals surface area (Å²) in [7, 11) is 0. The third-order valence-corrected chi connectivity index (χ3v) is 4.66. The van der Waals surface area contributed by atoms with E-state index in [0.717, 1.165) is 15.3 Å². The fourth-order valence-electron chi connectivity index (χ4n) is 2.09. The second-order valence-electron chi connectivity index (χ2n) is 4.91. The van der Waals surface area contributed by atoms with Gasteiger partial charge in [-0.05, 0) is 36.8 Å². The summed E-state index contributed by atoms with van der Waals surface area (Å²) in [4.78, 5) is 15.5. The van der Waals surface area contributed by atoms with Crippen molar-refractivity contribution in [1.82, 2.24) is 4.98 Å². The molecule has 112 valence electrons. The number of halogens is 1. The molecule has 0 aliphatic heterocycles. The number of anilines is 2. The highest BCUT2D eigenvalue weighted by Crippen LogP contribution is 2.32. The molecule has 0 radical (unpaired) electrons. The van der Waals surface area contributed by atoms with Crippen molar-refractivity contribution >= 4 is 49.9 Å². The van der Waals surface area contributed by atoms with Crippen molar-refractivity contribution < 1.29 is 9.90 Å². The lowest BCUT2D eigenvalue weighted by Crippen LogP contribution is -2.07. The predicted molar refractivity (Wildman–Crippen MR) is 90.4 cm³/mol. The molecule has 1 atom stereocenters. The van der Waals surface area contributed by atoms with Crippen molar-refractivity contribution in [3.63, 3.8) is 0 Å². The first-order chi connectivity index (χ1) is 10.5. The van der Waals surface area contributed by atoms with E-state index in [1.165, 1.54) is 0 Å². The molecule has 2 N–H and O–H groups in total. The minimum Gasteiger partial charge on any atom is -0.481 e. The van der Waals surface area contributed by atoms with E-state index in [1.54, 1.807) is 36.5 Å². The SMILES string of the molecule is CC(C(=O)O)c1ccc(Nc2nc3ccccc3s2)c(Cl)c1. The van der Waals surface area contributed by atoms with Crippen molar-refractivity contribution in [1.29, 1.82) is 0 Å². The van der Waals surface area contributed by atoms with Gasteiger partial charge >= 0.3 is 5.97 Å². The number of para-hydroxylation sites is 1. The van der Waals surface area contributed by atoms with Crippen LogP contribution in [0.2, 0.25) is 5.02 Å². The van der Waals surface area contributed by atoms with Gasteiger partial charge < -0.3 is 10.4 Å². The number of carbonyl (C=O) groups is 1. The Morgan fingerprint density at radius 1 is 1.32 bits per heavy atom. The molecule has 3 rings (SSSR count). The molecule has 0 amide bonds. The number of hydrogen-bond donors (Lipinski definition) is 2. The van der Waals surface area contributed by atoms with Crippen molar-refractivity contribution in [3.8, 4) is 0 Å². The van der Waals surface area contributed by atoms with Crippen molar-refractivity contribution in [3.05, 3.63) is 53.1 Å². The molecule has 2 aromatic carbocycles. The lowest BCUT2D eigenvalue weighted by Gasteiger charge is -2.10. The average Bonchev–Trinajstić information content (AvgIpc) is 2.90. The number of thiazole rings is 1. The van der Waals surface area contributed by atoms with E-state index in [0.29, 0.717) is 16.3 Å². The number of aliphatic carboxylic acids is 1. The normalized spacial score (nSPS) is 12.3. The van der Waals surface area contributed by atoms with Crippen LogP contribution < -0.4 is 5.32 Å². The second-order valence-corrected chi connectivity index (χ2v) is 6.35. The number of carboxylic acid groups (broad SMARTS) is 1. The molecule has 1 aromatic heterocycles. The molecular formula is C16H13ClN2O2S. The van der Waals surface area contributed by atoms with Crippen molar-refractivity contribution in [2.75, 3.05) is 5.32 Å². The molecule has 0 fully saturated rings. The average molecular weight is 333 g/mol. The summed E-state index contributed by atoms with van der Waals surface area (Å²) in [5.41, 5.74) is 2.32. The van der Waals surface area contributed by atoms with Crippen LogP contribution in [0.25, 0.3) is 10.2 Å². The summed E-state index contributed by atoms with van der Waals surface area (Å²) in [5, 5.41) is 13.5. The van der Waals surface area contributed by atoms with Gasteiger partial charge in [0.25, 0.3) is 0 Å². The van der Waals surface area contributed by atoms with E-state index < -0.39 is 11.9 Å². The molecule has 0 aliphatic rings. The Labute approximate surface area is 136 Å². The Morgan fingerprint density at radius 2 is 2.09 bits per heavy atom. The minimum atomic E-state index is -0.872. The maximum absolute atomic E-state index is 11.0. The Hall–Kier alpha value is -2.11. The third kappa shape index (κ3) is 2.91. The summed E-state index contributed by atoms with van der Waals surface area (Å²) >= 11 is 7.79. The third-order valence-electron chi connectivity index (χ3n) is 3.40. The highest BCUT2D eigenvalue weighted by Gasteiger charge is 2.15. The van der Waals surface area contributed by atoms with E-state index in [9.17, 15) is 4.79 Å². The van der Waals surface area contributed by atoms with Crippen molar-refractivity contribution in [2.45, 2.75) is 12.8 Å². The van der Waals surface area contributed by atoms with Crippen LogP contribution in [0.1, 0.15) is 18.4 Å². The van der Waals surface area contributed by atoms with Gasteiger partial charge in [0.1, 0.15) is 0 Å². The van der Waals surface area contributed by atoms with Gasteiger partial charge in [-0.25, -0.2) is 4.98 Å². The lowest BCUT2D eigenvalue weighted by atomic mass is 10.0. The zero-order valence-electron chi connectivity index (χ0n) is 11.7. The fraction of sp³-hybridized carbons (Fsp3) is 0.125. The molecule has 1 heterocycles. The van der Waals surface area contributed by atoms with Crippen LogP contribution in [0.5, 0.6) is 0 Å². The molecule has 0 spiro atoms. The standard InChI is InChI=1S/C16H13ClN2O2S/c1-9(15(20)21)10-6-7-12(11(17)8-10)18-16-19-13-4-2-3-5-14(13)22-16/h2-9H,1H3,(H,18,19)(H,20,21). The van der Waals surface area contributed by atoms with Gasteiger partial charge in [0.05, 0.1) is 26.8 Å². The molecular weight excluding hydrogens is 320 g/mol. The summed E-state index contributed by atoms with van der Waals surface area (Å²) in [6.07, 6.45) is 0. The molecule has 1 unspecified atom stereocenters. The maximum Gasteiger partial charge on any atom is 0.310 e. The Bertz CT molecular complexity index is 814. The van der Waals surface area contributed by atoms with Crippen LogP contribution in [0.15, 0.2) is 42.5 Å². The van der Waals surface area contributed by atoms with Gasteiger partial charge in [0.15, 0.2) is 5.13 Å². The lowest BCUT2D eigenvalue weighted by molar-refractivity contribution is -0.138. The summed E-state index contributed by atoms with van der Waals surface area (Å²) in [6.45, 7) is 1.63. The van der Waals surface area contributed by atoms with Gasteiger partial charge in [0.2, 0.25) is 0 Å². The second kappa shape index (κ2) is 5.94. The van der Waals surface area contributed by atoms with Crippen LogP contribution in [-0.2, 0) is 4.79 Å². The van der Waals surface area contributed by atoms with Gasteiger partial charge in [-0.15, -0.1) is 0 Å². The van der Waals surface area contributed by atoms with Crippen LogP contribution in [0.4, 0.5) is 10.8 Å². The van der Waals surface area contributed by atoms with Crippen LogP contribution in [0, 0.1) is 0 Å². The van der Waals surface area contributed by atoms with Crippen molar-refractivity contribution in [2.24, 2.45) is 0 Å². The topological polar surface area (TPSA) is 62.2 Å². The van der Waals surface area contributed by atoms with Crippen LogP contribution in [0.3, 0.4) is 0 Å². The first-order valence-corrected chi connectivity index (χ1v) is 7.89. The quantitative estimate of drug-likeness (QED) is 0.714. The molecule has 0 bridgehead atoms. The molecule has 3 aromatic rings. The summed E-state index contributed by atoms with van der Waals surface area (Å²) in [5.74, 6) is -1.46. The minimum absolute atomic E-state index is 0.477. The number of nitrogens with one attached hydrogen (secondary N) is 1. The van der Waals surface area contributed by atoms with Gasteiger partial charge in [-0.3, -0.25) is 4.79 Å². The predicted octanol–water partition coefficient (Wildman–Crippen LogP) is 4.88. The summed E-state index contributed by atoms with van der Waals surface area (Å²) < 4.78 is 1.09. The van der Waals surface area contributed by atoms with E-state index in [2.05, 4.69) is 10.3 Å². The number of carboxylic acids is 1. The number of nitrogens with zero attached hydrogens (tertiary/aromatic N) is 1. The zero-order chi connectivity index (χ0) is 15.7. The van der Waals surface area contributed by atoms with E-state index in [-0.39, 0.29) is 0 Å². The number of aromatic nitrogens is 1. The number of benzene rings is 2. The Morgan fingerprint density at radius 3 is 2.77 bits per heavy atom. The molecule has 4 nitrogen and oxygen atoms in total. The first kappa shape index (κ1) is 14.8. The molecule has 22 heavy (non-hydrogen) atoms. The van der Waals surface area contributed by atoms with E-state index >= 15 is 0 Å². The number of fused-ring (bicyclic) bond motifs is 1.